The van der Waals surface area contributed by atoms with Gasteiger partial charge in [-0.25, -0.2) is 4.98 Å². The van der Waals surface area contributed by atoms with Gasteiger partial charge in [0, 0.05) is 36.7 Å². The largest absolute Gasteiger partial charge is 0.493 e. The van der Waals surface area contributed by atoms with Gasteiger partial charge in [0.2, 0.25) is 11.7 Å². The zero-order valence-corrected chi connectivity index (χ0v) is 26.3. The lowest BCUT2D eigenvalue weighted by molar-refractivity contribution is 0.102. The van der Waals surface area contributed by atoms with Crippen LogP contribution in [-0.2, 0) is 11.2 Å². The normalized spacial score (nSPS) is 16.5. The zero-order chi connectivity index (χ0) is 30.9. The molecular formula is C34H44N6O4. The molecule has 5 heterocycles. The fraction of sp³-hybridized carbons (Fsp3) is 0.471. The highest BCUT2D eigenvalue weighted by Gasteiger charge is 2.20. The molecule has 10 heteroatoms. The molecule has 2 aliphatic rings. The summed E-state index contributed by atoms with van der Waals surface area (Å²) in [4.78, 5) is 24.7. The number of benzene rings is 1. The molecule has 1 aromatic carbocycles. The van der Waals surface area contributed by atoms with Crippen molar-refractivity contribution in [3.8, 4) is 17.1 Å². The summed E-state index contributed by atoms with van der Waals surface area (Å²) in [6.45, 7) is 13.1. The standard InChI is InChI=1S/C29H34N6O4.C5H10/c1-20-7-8-21(28-32-27(39-33-28)18-22-6-4-14-37-22)16-24(20)31-29(36)25-19-30-26-17-23(9-13-35(25)26)38-15-5-12-34-10-2-3-11-34;1-4-5(2)3/h7-9,13,16-17,19,22H,2-6,10-12,14-15,18H2,1H3,(H,31,36);4H,1-3H3/t22-;/m0./s1. The van der Waals surface area contributed by atoms with Gasteiger partial charge in [0.05, 0.1) is 25.3 Å². The molecule has 0 saturated carbocycles. The first-order valence-corrected chi connectivity index (χ1v) is 15.7. The number of hydrogen-bond acceptors (Lipinski definition) is 8. The van der Waals surface area contributed by atoms with Gasteiger partial charge in [0.25, 0.3) is 5.91 Å². The minimum atomic E-state index is -0.255. The molecule has 6 rings (SSSR count). The van der Waals surface area contributed by atoms with E-state index in [4.69, 9.17) is 14.0 Å². The van der Waals surface area contributed by atoms with Crippen LogP contribution in [0.5, 0.6) is 5.75 Å². The van der Waals surface area contributed by atoms with E-state index in [1.807, 2.05) is 50.4 Å². The van der Waals surface area contributed by atoms with Gasteiger partial charge in [-0.3, -0.25) is 9.20 Å². The number of allylic oxidation sites excluding steroid dienone is 2. The van der Waals surface area contributed by atoms with Gasteiger partial charge in [-0.2, -0.15) is 4.98 Å². The van der Waals surface area contributed by atoms with Crippen LogP contribution in [0.15, 0.2) is 58.9 Å². The number of nitrogens with zero attached hydrogens (tertiary/aromatic N) is 5. The Morgan fingerprint density at radius 2 is 1.98 bits per heavy atom. The van der Waals surface area contributed by atoms with E-state index in [-0.39, 0.29) is 12.0 Å². The topological polar surface area (TPSA) is 107 Å². The van der Waals surface area contributed by atoms with Gasteiger partial charge >= 0.3 is 0 Å². The van der Waals surface area contributed by atoms with Crippen molar-refractivity contribution in [2.75, 3.05) is 38.2 Å². The molecule has 0 unspecified atom stereocenters. The lowest BCUT2D eigenvalue weighted by Crippen LogP contribution is -2.21. The number of nitrogens with one attached hydrogen (secondary N) is 1. The number of imidazole rings is 1. The second-order valence-electron chi connectivity index (χ2n) is 11.7. The van der Waals surface area contributed by atoms with Crippen LogP contribution in [0.3, 0.4) is 0 Å². The van der Waals surface area contributed by atoms with Crippen molar-refractivity contribution in [1.82, 2.24) is 24.4 Å². The number of pyridine rings is 1. The third-order valence-corrected chi connectivity index (χ3v) is 8.02. The fourth-order valence-electron chi connectivity index (χ4n) is 5.24. The molecule has 0 spiro atoms. The van der Waals surface area contributed by atoms with Crippen LogP contribution < -0.4 is 10.1 Å². The monoisotopic (exact) mass is 600 g/mol. The van der Waals surface area contributed by atoms with Crippen LogP contribution in [0.4, 0.5) is 5.69 Å². The van der Waals surface area contributed by atoms with Gasteiger partial charge in [-0.1, -0.05) is 28.9 Å². The maximum atomic E-state index is 13.2. The molecule has 0 bridgehead atoms. The molecule has 0 radical (unpaired) electrons. The Morgan fingerprint density at radius 3 is 2.73 bits per heavy atom. The summed E-state index contributed by atoms with van der Waals surface area (Å²) in [5, 5.41) is 7.16. The molecule has 3 aromatic heterocycles. The number of fused-ring (bicyclic) bond motifs is 1. The number of rotatable bonds is 10. The molecule has 234 valence electrons. The molecule has 2 fully saturated rings. The summed E-state index contributed by atoms with van der Waals surface area (Å²) >= 11 is 0. The Balaban J connectivity index is 0.000000712. The Bertz CT molecular complexity index is 1560. The van der Waals surface area contributed by atoms with E-state index in [1.54, 1.807) is 10.6 Å². The summed E-state index contributed by atoms with van der Waals surface area (Å²) in [5.74, 6) is 1.54. The first-order valence-electron chi connectivity index (χ1n) is 15.7. The summed E-state index contributed by atoms with van der Waals surface area (Å²) in [6, 6.07) is 9.46. The zero-order valence-electron chi connectivity index (χ0n) is 26.3. The predicted molar refractivity (Wildman–Crippen MR) is 171 cm³/mol. The first kappa shape index (κ1) is 31.4. The van der Waals surface area contributed by atoms with Crippen molar-refractivity contribution >= 4 is 17.2 Å². The molecule has 1 N–H and O–H groups in total. The molecular weight excluding hydrogens is 556 g/mol. The summed E-state index contributed by atoms with van der Waals surface area (Å²) in [6.07, 6.45) is 11.9. The van der Waals surface area contributed by atoms with Crippen molar-refractivity contribution in [3.63, 3.8) is 0 Å². The van der Waals surface area contributed by atoms with Gasteiger partial charge in [-0.15, -0.1) is 0 Å². The molecule has 1 atom stereocenters. The van der Waals surface area contributed by atoms with E-state index in [0.29, 0.717) is 41.8 Å². The third kappa shape index (κ3) is 8.33. The number of aromatic nitrogens is 4. The average molecular weight is 601 g/mol. The third-order valence-electron chi connectivity index (χ3n) is 8.02. The number of amides is 1. The van der Waals surface area contributed by atoms with Gasteiger partial charge < -0.3 is 24.2 Å². The molecule has 2 saturated heterocycles. The number of likely N-dealkylation sites (tertiary alicyclic amines) is 1. The van der Waals surface area contributed by atoms with Crippen LogP contribution in [0.1, 0.15) is 74.8 Å². The number of aryl methyl sites for hydroxylation is 1. The van der Waals surface area contributed by atoms with Crippen molar-refractivity contribution in [2.24, 2.45) is 0 Å². The summed E-state index contributed by atoms with van der Waals surface area (Å²) in [7, 11) is 0. The van der Waals surface area contributed by atoms with Crippen LogP contribution in [0.2, 0.25) is 0 Å². The van der Waals surface area contributed by atoms with Gasteiger partial charge in [-0.05, 0) is 90.6 Å². The molecule has 1 amide bonds. The lowest BCUT2D eigenvalue weighted by Gasteiger charge is -2.14. The number of carbonyl (C=O) groups excluding carboxylic acids is 1. The predicted octanol–water partition coefficient (Wildman–Crippen LogP) is 6.50. The van der Waals surface area contributed by atoms with E-state index >= 15 is 0 Å². The van der Waals surface area contributed by atoms with Crippen molar-refractivity contribution in [2.45, 2.75) is 72.3 Å². The minimum Gasteiger partial charge on any atom is -0.493 e. The quantitative estimate of drug-likeness (QED) is 0.162. The molecule has 10 nitrogen and oxygen atoms in total. The highest BCUT2D eigenvalue weighted by molar-refractivity contribution is 6.04. The molecule has 2 aliphatic heterocycles. The molecule has 44 heavy (non-hydrogen) atoms. The number of ether oxygens (including phenoxy) is 2. The van der Waals surface area contributed by atoms with E-state index in [9.17, 15) is 4.79 Å². The number of hydrogen-bond donors (Lipinski definition) is 1. The summed E-state index contributed by atoms with van der Waals surface area (Å²) < 4.78 is 18.8. The maximum absolute atomic E-state index is 13.2. The van der Waals surface area contributed by atoms with Crippen LogP contribution >= 0.6 is 0 Å². The van der Waals surface area contributed by atoms with Crippen LogP contribution in [0.25, 0.3) is 17.0 Å². The van der Waals surface area contributed by atoms with E-state index < -0.39 is 0 Å². The smallest absolute Gasteiger partial charge is 0.274 e. The van der Waals surface area contributed by atoms with Crippen molar-refractivity contribution < 1.29 is 18.8 Å². The van der Waals surface area contributed by atoms with Crippen LogP contribution in [0, 0.1) is 6.92 Å². The Morgan fingerprint density at radius 1 is 1.16 bits per heavy atom. The van der Waals surface area contributed by atoms with Gasteiger partial charge in [0.1, 0.15) is 17.1 Å². The lowest BCUT2D eigenvalue weighted by atomic mass is 10.1. The van der Waals surface area contributed by atoms with Crippen molar-refractivity contribution in [1.29, 1.82) is 0 Å². The molecule has 4 aromatic rings. The maximum Gasteiger partial charge on any atom is 0.274 e. The first-order chi connectivity index (χ1) is 21.4. The SMILES string of the molecule is CC=C(C)C.Cc1ccc(-c2noc(C[C@@H]3CCCO3)n2)cc1NC(=O)c1cnc2cc(OCCCN3CCCC3)ccn12. The van der Waals surface area contributed by atoms with E-state index in [0.717, 1.165) is 49.3 Å². The second kappa shape index (κ2) is 15.1. The number of carbonyl (C=O) groups is 1. The van der Waals surface area contributed by atoms with Crippen molar-refractivity contribution in [3.05, 3.63) is 71.5 Å². The highest BCUT2D eigenvalue weighted by atomic mass is 16.5. The van der Waals surface area contributed by atoms with E-state index in [2.05, 4.69) is 45.3 Å². The fourth-order valence-corrected chi connectivity index (χ4v) is 5.24. The number of anilines is 1. The average Bonchev–Trinajstić information content (AvgIpc) is 3.85. The second-order valence-corrected chi connectivity index (χ2v) is 11.7. The van der Waals surface area contributed by atoms with Crippen LogP contribution in [-0.4, -0.2) is 69.3 Å². The van der Waals surface area contributed by atoms with E-state index in [1.165, 1.54) is 31.5 Å². The Hall–Kier alpha value is -4.02. The highest BCUT2D eigenvalue weighted by Crippen LogP contribution is 2.26. The Labute approximate surface area is 259 Å². The minimum absolute atomic E-state index is 0.138. The summed E-state index contributed by atoms with van der Waals surface area (Å²) in [5.41, 5.74) is 4.85. The van der Waals surface area contributed by atoms with Gasteiger partial charge in [0.15, 0.2) is 0 Å². The Kier molecular flexibility index (Phi) is 10.8. The molecule has 0 aliphatic carbocycles.